The van der Waals surface area contributed by atoms with E-state index in [9.17, 15) is 10.1 Å². The molecular formula is C26H31N7O2. The molecule has 1 N–H and O–H groups in total. The number of carbonyl (C=O) groups excluding carboxylic acids is 1. The number of rotatable bonds is 6. The lowest BCUT2D eigenvalue weighted by Crippen LogP contribution is -2.42. The van der Waals surface area contributed by atoms with Gasteiger partial charge in [0.1, 0.15) is 22.9 Å². The first-order valence-corrected chi connectivity index (χ1v) is 12.2. The zero-order chi connectivity index (χ0) is 24.5. The number of aromatic nitrogens is 4. The summed E-state index contributed by atoms with van der Waals surface area (Å²) in [4.78, 5) is 14.2. The number of ether oxygens (including phenoxy) is 1. The SMILES string of the molecule is C=CC(=O)N[C@H]1CC[C@H](N2CCC(n3ncc(-c4cc(OC)c5c(C#N)cnn5c4)c3C)CC2)C1. The second kappa shape index (κ2) is 9.55. The third kappa shape index (κ3) is 4.30. The molecule has 0 unspecified atom stereocenters. The van der Waals surface area contributed by atoms with E-state index in [1.165, 1.54) is 6.08 Å². The van der Waals surface area contributed by atoms with Gasteiger partial charge in [0.15, 0.2) is 0 Å². The Balaban J connectivity index is 1.28. The summed E-state index contributed by atoms with van der Waals surface area (Å²) in [6.45, 7) is 7.74. The first-order chi connectivity index (χ1) is 17.0. The van der Waals surface area contributed by atoms with Crippen LogP contribution in [0.15, 0.2) is 37.3 Å². The molecule has 35 heavy (non-hydrogen) atoms. The largest absolute Gasteiger partial charge is 0.494 e. The average molecular weight is 474 g/mol. The van der Waals surface area contributed by atoms with Gasteiger partial charge in [0, 0.05) is 48.2 Å². The van der Waals surface area contributed by atoms with Crippen LogP contribution in [0.1, 0.15) is 49.4 Å². The van der Waals surface area contributed by atoms with Crippen molar-refractivity contribution in [2.24, 2.45) is 0 Å². The first-order valence-electron chi connectivity index (χ1n) is 12.2. The fraction of sp³-hybridized carbons (Fsp3) is 0.462. The van der Waals surface area contributed by atoms with Gasteiger partial charge in [-0.2, -0.15) is 15.5 Å². The van der Waals surface area contributed by atoms with E-state index < -0.39 is 0 Å². The molecule has 0 spiro atoms. The van der Waals surface area contributed by atoms with Crippen molar-refractivity contribution in [2.75, 3.05) is 20.2 Å². The van der Waals surface area contributed by atoms with Crippen molar-refractivity contribution >= 4 is 11.4 Å². The normalized spacial score (nSPS) is 21.2. The number of likely N-dealkylation sites (tertiary alicyclic amines) is 1. The summed E-state index contributed by atoms with van der Waals surface area (Å²) >= 11 is 0. The number of nitrogens with zero attached hydrogens (tertiary/aromatic N) is 6. The van der Waals surface area contributed by atoms with Crippen LogP contribution >= 0.6 is 0 Å². The van der Waals surface area contributed by atoms with Gasteiger partial charge in [0.25, 0.3) is 0 Å². The third-order valence-electron chi connectivity index (χ3n) is 7.57. The zero-order valence-corrected chi connectivity index (χ0v) is 20.3. The maximum atomic E-state index is 11.6. The van der Waals surface area contributed by atoms with Gasteiger partial charge in [-0.1, -0.05) is 6.58 Å². The Bertz CT molecular complexity index is 1290. The molecule has 1 aliphatic heterocycles. The van der Waals surface area contributed by atoms with E-state index in [0.29, 0.717) is 28.9 Å². The summed E-state index contributed by atoms with van der Waals surface area (Å²) in [6.07, 6.45) is 12.0. The lowest BCUT2D eigenvalue weighted by atomic mass is 10.0. The van der Waals surface area contributed by atoms with Gasteiger partial charge in [-0.15, -0.1) is 0 Å². The van der Waals surface area contributed by atoms with Crippen LogP contribution in [0.25, 0.3) is 16.6 Å². The number of piperidine rings is 1. The van der Waals surface area contributed by atoms with Gasteiger partial charge in [0.2, 0.25) is 5.91 Å². The van der Waals surface area contributed by atoms with Crippen LogP contribution < -0.4 is 10.1 Å². The van der Waals surface area contributed by atoms with Crippen molar-refractivity contribution in [1.82, 2.24) is 29.6 Å². The minimum Gasteiger partial charge on any atom is -0.494 e. The highest BCUT2D eigenvalue weighted by Gasteiger charge is 2.33. The monoisotopic (exact) mass is 473 g/mol. The van der Waals surface area contributed by atoms with Crippen molar-refractivity contribution in [3.05, 3.63) is 48.6 Å². The molecule has 9 nitrogen and oxygen atoms in total. The highest BCUT2D eigenvalue weighted by Crippen LogP contribution is 2.34. The minimum atomic E-state index is -0.0749. The molecule has 2 atom stereocenters. The van der Waals surface area contributed by atoms with Crippen LogP contribution in [-0.2, 0) is 4.79 Å². The van der Waals surface area contributed by atoms with E-state index in [1.807, 2.05) is 18.5 Å². The predicted molar refractivity (Wildman–Crippen MR) is 132 cm³/mol. The Labute approximate surface area is 205 Å². The Morgan fingerprint density at radius 1 is 1.23 bits per heavy atom. The lowest BCUT2D eigenvalue weighted by Gasteiger charge is -2.36. The van der Waals surface area contributed by atoms with Gasteiger partial charge >= 0.3 is 0 Å². The minimum absolute atomic E-state index is 0.0749. The van der Waals surface area contributed by atoms with Gasteiger partial charge in [-0.25, -0.2) is 4.52 Å². The van der Waals surface area contributed by atoms with Crippen LogP contribution in [-0.4, -0.2) is 62.5 Å². The summed E-state index contributed by atoms with van der Waals surface area (Å²) in [5, 5.41) is 21.5. The molecule has 9 heteroatoms. The second-order valence-electron chi connectivity index (χ2n) is 9.49. The standard InChI is InChI=1S/C26H31N7O2/c1-4-25(34)30-20-5-6-22(12-20)31-9-7-21(8-10-31)33-17(2)23(15-29-33)18-11-24(35-3)26-19(13-27)14-28-32(26)16-18/h4,11,14-16,20-22H,1,5-10,12H2,2-3H3,(H,30,34)/t20-,22-/m0/s1. The Morgan fingerprint density at radius 2 is 2.03 bits per heavy atom. The Hall–Kier alpha value is -3.64. The smallest absolute Gasteiger partial charge is 0.243 e. The van der Waals surface area contributed by atoms with Gasteiger partial charge in [0.05, 0.1) is 25.5 Å². The van der Waals surface area contributed by atoms with Crippen LogP contribution in [0, 0.1) is 18.3 Å². The number of hydrogen-bond acceptors (Lipinski definition) is 6. The highest BCUT2D eigenvalue weighted by molar-refractivity contribution is 5.87. The number of carbonyl (C=O) groups is 1. The van der Waals surface area contributed by atoms with Gasteiger partial charge in [-0.3, -0.25) is 9.48 Å². The number of pyridine rings is 1. The lowest BCUT2D eigenvalue weighted by molar-refractivity contribution is -0.117. The first kappa shape index (κ1) is 23.1. The van der Waals surface area contributed by atoms with E-state index >= 15 is 0 Å². The number of nitrogens with one attached hydrogen (secondary N) is 1. The van der Waals surface area contributed by atoms with Crippen LogP contribution in [0.3, 0.4) is 0 Å². The van der Waals surface area contributed by atoms with Crippen LogP contribution in [0.2, 0.25) is 0 Å². The maximum Gasteiger partial charge on any atom is 0.243 e. The highest BCUT2D eigenvalue weighted by atomic mass is 16.5. The summed E-state index contributed by atoms with van der Waals surface area (Å²) in [5.41, 5.74) is 4.28. The molecule has 0 aromatic carbocycles. The fourth-order valence-corrected chi connectivity index (χ4v) is 5.72. The molecule has 1 saturated carbocycles. The topological polar surface area (TPSA) is 100 Å². The summed E-state index contributed by atoms with van der Waals surface area (Å²) in [7, 11) is 1.61. The van der Waals surface area contributed by atoms with E-state index in [4.69, 9.17) is 9.84 Å². The molecule has 5 rings (SSSR count). The van der Waals surface area contributed by atoms with Crippen molar-refractivity contribution < 1.29 is 9.53 Å². The second-order valence-corrected chi connectivity index (χ2v) is 9.49. The summed E-state index contributed by atoms with van der Waals surface area (Å²) in [6, 6.07) is 5.28. The number of amides is 1. The molecule has 1 amide bonds. The molecule has 3 aromatic rings. The zero-order valence-electron chi connectivity index (χ0n) is 20.3. The van der Waals surface area contributed by atoms with E-state index in [1.54, 1.807) is 17.8 Å². The molecule has 3 aromatic heterocycles. The molecule has 2 aliphatic rings. The number of methoxy groups -OCH3 is 1. The third-order valence-corrected chi connectivity index (χ3v) is 7.57. The quantitative estimate of drug-likeness (QED) is 0.552. The molecule has 1 saturated heterocycles. The molecule has 182 valence electrons. The Kier molecular flexibility index (Phi) is 6.31. The van der Waals surface area contributed by atoms with E-state index in [0.717, 1.165) is 62.0 Å². The summed E-state index contributed by atoms with van der Waals surface area (Å²) < 4.78 is 9.44. The molecule has 2 fully saturated rings. The number of nitriles is 1. The fourth-order valence-electron chi connectivity index (χ4n) is 5.72. The Morgan fingerprint density at radius 3 is 2.74 bits per heavy atom. The molecular weight excluding hydrogens is 442 g/mol. The number of hydrogen-bond donors (Lipinski definition) is 1. The maximum absolute atomic E-state index is 11.6. The average Bonchev–Trinajstić information content (AvgIpc) is 3.61. The van der Waals surface area contributed by atoms with Crippen molar-refractivity contribution in [1.29, 1.82) is 5.26 Å². The van der Waals surface area contributed by atoms with Crippen molar-refractivity contribution in [2.45, 2.75) is 57.2 Å². The van der Waals surface area contributed by atoms with Crippen molar-refractivity contribution in [3.63, 3.8) is 0 Å². The molecule has 1 aliphatic carbocycles. The molecule has 0 bridgehead atoms. The van der Waals surface area contributed by atoms with Crippen molar-refractivity contribution in [3.8, 4) is 22.9 Å². The van der Waals surface area contributed by atoms with Gasteiger partial charge < -0.3 is 15.0 Å². The molecule has 4 heterocycles. The molecule has 0 radical (unpaired) electrons. The predicted octanol–water partition coefficient (Wildman–Crippen LogP) is 3.25. The van der Waals surface area contributed by atoms with Crippen LogP contribution in [0.4, 0.5) is 0 Å². The van der Waals surface area contributed by atoms with E-state index in [-0.39, 0.29) is 11.9 Å². The van der Waals surface area contributed by atoms with Crippen LogP contribution in [0.5, 0.6) is 5.75 Å². The summed E-state index contributed by atoms with van der Waals surface area (Å²) in [5.74, 6) is 0.547. The number of fused-ring (bicyclic) bond motifs is 1. The van der Waals surface area contributed by atoms with E-state index in [2.05, 4.69) is 39.6 Å². The van der Waals surface area contributed by atoms with Gasteiger partial charge in [-0.05, 0) is 51.2 Å².